The highest BCUT2D eigenvalue weighted by Gasteiger charge is 2.16. The Morgan fingerprint density at radius 3 is 2.60 bits per heavy atom. The van der Waals surface area contributed by atoms with Gasteiger partial charge >= 0.3 is 0 Å². The maximum atomic E-state index is 12.4. The van der Waals surface area contributed by atoms with Crippen LogP contribution in [0.1, 0.15) is 22.4 Å². The summed E-state index contributed by atoms with van der Waals surface area (Å²) < 4.78 is 0. The highest BCUT2D eigenvalue weighted by Crippen LogP contribution is 2.40. The molecule has 2 heterocycles. The zero-order valence-corrected chi connectivity index (χ0v) is 18.1. The Kier molecular flexibility index (Phi) is 5.77. The van der Waals surface area contributed by atoms with E-state index in [2.05, 4.69) is 39.7 Å². The molecule has 0 aliphatic heterocycles. The second kappa shape index (κ2) is 8.63. The van der Waals surface area contributed by atoms with Gasteiger partial charge in [0.1, 0.15) is 17.0 Å². The first-order valence-electron chi connectivity index (χ1n) is 9.94. The molecular weight excluding hydrogens is 392 g/mol. The average Bonchev–Trinajstić information content (AvgIpc) is 3.08. The first-order chi connectivity index (χ1) is 14.5. The molecular formula is C24H24N4OS. The minimum Gasteiger partial charge on any atom is -0.369 e. The van der Waals surface area contributed by atoms with E-state index in [1.54, 1.807) is 17.7 Å². The molecule has 0 fully saturated rings. The SMILES string of the molecule is Cc1cccc(NC(=O)CCNc2ncnc3sc(C)c(-c4ccccc4)c23)c1C. The minimum atomic E-state index is -0.0220. The highest BCUT2D eigenvalue weighted by molar-refractivity contribution is 7.19. The smallest absolute Gasteiger partial charge is 0.226 e. The van der Waals surface area contributed by atoms with Crippen molar-refractivity contribution in [3.8, 4) is 11.1 Å². The number of benzene rings is 2. The van der Waals surface area contributed by atoms with Crippen molar-refractivity contribution in [2.24, 2.45) is 0 Å². The van der Waals surface area contributed by atoms with Gasteiger partial charge in [-0.25, -0.2) is 9.97 Å². The summed E-state index contributed by atoms with van der Waals surface area (Å²) in [4.78, 5) is 23.5. The summed E-state index contributed by atoms with van der Waals surface area (Å²) in [6.45, 7) is 6.66. The molecule has 0 spiro atoms. The van der Waals surface area contributed by atoms with E-state index in [9.17, 15) is 4.79 Å². The predicted molar refractivity (Wildman–Crippen MR) is 125 cm³/mol. The number of nitrogens with zero attached hydrogens (tertiary/aromatic N) is 2. The Hall–Kier alpha value is -3.25. The Labute approximate surface area is 180 Å². The second-order valence-corrected chi connectivity index (χ2v) is 8.48. The average molecular weight is 417 g/mol. The molecule has 0 saturated carbocycles. The molecule has 152 valence electrons. The number of fused-ring (bicyclic) bond motifs is 1. The summed E-state index contributed by atoms with van der Waals surface area (Å²) in [6.07, 6.45) is 1.92. The number of aromatic nitrogens is 2. The lowest BCUT2D eigenvalue weighted by Crippen LogP contribution is -2.17. The molecule has 30 heavy (non-hydrogen) atoms. The summed E-state index contributed by atoms with van der Waals surface area (Å²) in [5.41, 5.74) is 5.42. The number of rotatable bonds is 6. The van der Waals surface area contributed by atoms with Gasteiger partial charge in [0.15, 0.2) is 0 Å². The van der Waals surface area contributed by atoms with Crippen LogP contribution in [0.5, 0.6) is 0 Å². The molecule has 4 aromatic rings. The van der Waals surface area contributed by atoms with Crippen LogP contribution in [0.2, 0.25) is 0 Å². The number of aryl methyl sites for hydroxylation is 2. The van der Waals surface area contributed by atoms with Gasteiger partial charge in [-0.1, -0.05) is 42.5 Å². The third kappa shape index (κ3) is 4.04. The van der Waals surface area contributed by atoms with E-state index in [0.717, 1.165) is 44.0 Å². The van der Waals surface area contributed by atoms with Crippen LogP contribution in [-0.2, 0) is 4.79 Å². The maximum Gasteiger partial charge on any atom is 0.226 e. The van der Waals surface area contributed by atoms with Crippen molar-refractivity contribution in [2.75, 3.05) is 17.2 Å². The predicted octanol–water partition coefficient (Wildman–Crippen LogP) is 5.72. The quantitative estimate of drug-likeness (QED) is 0.422. The van der Waals surface area contributed by atoms with E-state index in [-0.39, 0.29) is 5.91 Å². The first kappa shape index (κ1) is 20.0. The maximum absolute atomic E-state index is 12.4. The molecule has 1 amide bonds. The summed E-state index contributed by atoms with van der Waals surface area (Å²) in [6, 6.07) is 16.2. The van der Waals surface area contributed by atoms with Crippen LogP contribution < -0.4 is 10.6 Å². The number of carbonyl (C=O) groups excluding carboxylic acids is 1. The van der Waals surface area contributed by atoms with Crippen LogP contribution >= 0.6 is 11.3 Å². The number of hydrogen-bond donors (Lipinski definition) is 2. The van der Waals surface area contributed by atoms with Crippen LogP contribution in [-0.4, -0.2) is 22.4 Å². The van der Waals surface area contributed by atoms with Crippen LogP contribution in [0, 0.1) is 20.8 Å². The monoisotopic (exact) mass is 416 g/mol. The Morgan fingerprint density at radius 1 is 1.00 bits per heavy atom. The molecule has 0 aliphatic rings. The van der Waals surface area contributed by atoms with E-state index < -0.39 is 0 Å². The second-order valence-electron chi connectivity index (χ2n) is 7.27. The Morgan fingerprint density at radius 2 is 1.80 bits per heavy atom. The number of carbonyl (C=O) groups is 1. The van der Waals surface area contributed by atoms with E-state index in [1.807, 2.05) is 50.2 Å². The van der Waals surface area contributed by atoms with Crippen LogP contribution in [0.4, 0.5) is 11.5 Å². The lowest BCUT2D eigenvalue weighted by molar-refractivity contribution is -0.115. The third-order valence-electron chi connectivity index (χ3n) is 5.25. The van der Waals surface area contributed by atoms with Gasteiger partial charge in [-0.15, -0.1) is 11.3 Å². The summed E-state index contributed by atoms with van der Waals surface area (Å²) in [5, 5.41) is 7.37. The van der Waals surface area contributed by atoms with Crippen molar-refractivity contribution >= 4 is 39.0 Å². The van der Waals surface area contributed by atoms with Crippen molar-refractivity contribution in [3.05, 3.63) is 70.9 Å². The molecule has 2 N–H and O–H groups in total. The molecule has 2 aromatic heterocycles. The third-order valence-corrected chi connectivity index (χ3v) is 6.26. The van der Waals surface area contributed by atoms with Crippen molar-refractivity contribution in [3.63, 3.8) is 0 Å². The van der Waals surface area contributed by atoms with Crippen molar-refractivity contribution in [1.29, 1.82) is 0 Å². The number of anilines is 2. The lowest BCUT2D eigenvalue weighted by Gasteiger charge is -2.11. The molecule has 4 rings (SSSR count). The molecule has 2 aromatic carbocycles. The Bertz CT molecular complexity index is 1200. The van der Waals surface area contributed by atoms with Gasteiger partial charge in [0.05, 0.1) is 5.39 Å². The fourth-order valence-electron chi connectivity index (χ4n) is 3.52. The zero-order valence-electron chi connectivity index (χ0n) is 17.3. The van der Waals surface area contributed by atoms with Gasteiger partial charge < -0.3 is 10.6 Å². The summed E-state index contributed by atoms with van der Waals surface area (Å²) in [7, 11) is 0. The summed E-state index contributed by atoms with van der Waals surface area (Å²) >= 11 is 1.66. The largest absolute Gasteiger partial charge is 0.369 e. The molecule has 0 saturated heterocycles. The molecule has 5 nitrogen and oxygen atoms in total. The molecule has 0 bridgehead atoms. The molecule has 0 atom stereocenters. The molecule has 0 aliphatic carbocycles. The number of thiophene rings is 1. The fraction of sp³-hybridized carbons (Fsp3) is 0.208. The van der Waals surface area contributed by atoms with E-state index >= 15 is 0 Å². The van der Waals surface area contributed by atoms with Gasteiger partial charge in [0.25, 0.3) is 0 Å². The minimum absolute atomic E-state index is 0.0220. The van der Waals surface area contributed by atoms with Gasteiger partial charge in [0.2, 0.25) is 5.91 Å². The Balaban J connectivity index is 1.51. The van der Waals surface area contributed by atoms with Crippen LogP contribution in [0.15, 0.2) is 54.9 Å². The summed E-state index contributed by atoms with van der Waals surface area (Å²) in [5.74, 6) is 0.744. The van der Waals surface area contributed by atoms with Crippen molar-refractivity contribution < 1.29 is 4.79 Å². The van der Waals surface area contributed by atoms with Crippen molar-refractivity contribution in [2.45, 2.75) is 27.2 Å². The van der Waals surface area contributed by atoms with E-state index in [1.165, 1.54) is 4.88 Å². The number of hydrogen-bond acceptors (Lipinski definition) is 5. The molecule has 0 radical (unpaired) electrons. The molecule has 0 unspecified atom stereocenters. The fourth-order valence-corrected chi connectivity index (χ4v) is 4.54. The van der Waals surface area contributed by atoms with Gasteiger partial charge in [-0.3, -0.25) is 4.79 Å². The first-order valence-corrected chi connectivity index (χ1v) is 10.8. The normalized spacial score (nSPS) is 10.9. The van der Waals surface area contributed by atoms with Crippen molar-refractivity contribution in [1.82, 2.24) is 9.97 Å². The van der Waals surface area contributed by atoms with Crippen LogP contribution in [0.25, 0.3) is 21.3 Å². The zero-order chi connectivity index (χ0) is 21.1. The van der Waals surface area contributed by atoms with Crippen LogP contribution in [0.3, 0.4) is 0 Å². The van der Waals surface area contributed by atoms with Gasteiger partial charge in [0, 0.05) is 29.1 Å². The standard InChI is InChI=1S/C24H24N4OS/c1-15-8-7-11-19(16(15)2)28-20(29)12-13-25-23-22-21(18-9-5-4-6-10-18)17(3)30-24(22)27-14-26-23/h4-11,14H,12-13H2,1-3H3,(H,28,29)(H,25,26,27). The highest BCUT2D eigenvalue weighted by atomic mass is 32.1. The molecule has 6 heteroatoms. The van der Waals surface area contributed by atoms with E-state index in [4.69, 9.17) is 0 Å². The number of nitrogens with one attached hydrogen (secondary N) is 2. The van der Waals surface area contributed by atoms with Gasteiger partial charge in [-0.2, -0.15) is 0 Å². The van der Waals surface area contributed by atoms with Gasteiger partial charge in [-0.05, 0) is 43.5 Å². The topological polar surface area (TPSA) is 66.9 Å². The van der Waals surface area contributed by atoms with E-state index in [0.29, 0.717) is 13.0 Å². The lowest BCUT2D eigenvalue weighted by atomic mass is 10.0. The number of amides is 1.